The molecule has 0 aliphatic heterocycles. The summed E-state index contributed by atoms with van der Waals surface area (Å²) in [5.74, 6) is 0.0824. The minimum Gasteiger partial charge on any atom is -0.295 e. The largest absolute Gasteiger partial charge is 0.295 e. The number of carbonyl (C=O) groups is 1. The van der Waals surface area contributed by atoms with E-state index in [-0.39, 0.29) is 5.78 Å². The smallest absolute Gasteiger partial charge is 0.159 e. The van der Waals surface area contributed by atoms with Crippen LogP contribution >= 0.6 is 12.2 Å². The third-order valence-corrected chi connectivity index (χ3v) is 1.92. The lowest BCUT2D eigenvalue weighted by Crippen LogP contribution is -1.91. The number of hydrogen-bond donors (Lipinski definition) is 0. The number of rotatable bonds is 4. The highest BCUT2D eigenvalue weighted by atomic mass is 32.1. The van der Waals surface area contributed by atoms with Gasteiger partial charge in [0.05, 0.1) is 6.54 Å². The average Bonchev–Trinajstić information content (AvgIpc) is 2.19. The SMILES string of the molecule is CC(=O)c1ccc(CN=CC=S)cc1. The Balaban J connectivity index is 2.68. The van der Waals surface area contributed by atoms with Crippen molar-refractivity contribution < 1.29 is 4.79 Å². The van der Waals surface area contributed by atoms with E-state index >= 15 is 0 Å². The lowest BCUT2D eigenvalue weighted by Gasteiger charge is -1.97. The van der Waals surface area contributed by atoms with Gasteiger partial charge in [-0.05, 0) is 12.5 Å². The molecule has 1 aromatic rings. The molecule has 0 aromatic heterocycles. The lowest BCUT2D eigenvalue weighted by molar-refractivity contribution is 0.101. The van der Waals surface area contributed by atoms with Gasteiger partial charge in [-0.15, -0.1) is 0 Å². The third-order valence-electron chi connectivity index (χ3n) is 1.80. The maximum absolute atomic E-state index is 11.0. The van der Waals surface area contributed by atoms with Crippen molar-refractivity contribution in [2.45, 2.75) is 13.5 Å². The number of thiocarbonyl (C=S) groups is 1. The van der Waals surface area contributed by atoms with E-state index in [0.29, 0.717) is 6.54 Å². The standard InChI is InChI=1S/C11H11NOS/c1-9(13)11-4-2-10(3-5-11)8-12-6-7-14/h2-7H,8H2,1H3. The fourth-order valence-corrected chi connectivity index (χ4v) is 1.13. The molecule has 0 heterocycles. The summed E-state index contributed by atoms with van der Waals surface area (Å²) >= 11 is 4.60. The van der Waals surface area contributed by atoms with Crippen LogP contribution in [0, 0.1) is 0 Å². The van der Waals surface area contributed by atoms with Gasteiger partial charge in [0.2, 0.25) is 0 Å². The summed E-state index contributed by atoms with van der Waals surface area (Å²) in [6, 6.07) is 7.42. The Morgan fingerprint density at radius 3 is 2.57 bits per heavy atom. The first-order valence-electron chi connectivity index (χ1n) is 4.27. The second kappa shape index (κ2) is 5.40. The van der Waals surface area contributed by atoms with Crippen molar-refractivity contribution in [1.29, 1.82) is 0 Å². The van der Waals surface area contributed by atoms with Crippen molar-refractivity contribution in [3.8, 4) is 0 Å². The van der Waals surface area contributed by atoms with E-state index < -0.39 is 0 Å². The molecule has 0 fully saturated rings. The van der Waals surface area contributed by atoms with Crippen molar-refractivity contribution in [3.05, 3.63) is 35.4 Å². The Kier molecular flexibility index (Phi) is 4.13. The Morgan fingerprint density at radius 1 is 1.43 bits per heavy atom. The van der Waals surface area contributed by atoms with Gasteiger partial charge in [0, 0.05) is 17.1 Å². The highest BCUT2D eigenvalue weighted by molar-refractivity contribution is 7.80. The van der Waals surface area contributed by atoms with Gasteiger partial charge in [-0.2, -0.15) is 0 Å². The van der Waals surface area contributed by atoms with Crippen LogP contribution in [0.25, 0.3) is 0 Å². The minimum absolute atomic E-state index is 0.0824. The number of aliphatic imine (C=N–C) groups is 1. The second-order valence-corrected chi connectivity index (χ2v) is 3.15. The number of Topliss-reactive ketones (excluding diaryl/α,β-unsaturated/α-hetero) is 1. The number of benzene rings is 1. The molecule has 0 aliphatic carbocycles. The average molecular weight is 205 g/mol. The highest BCUT2D eigenvalue weighted by Gasteiger charge is 1.97. The van der Waals surface area contributed by atoms with E-state index in [0.717, 1.165) is 11.1 Å². The normalized spacial score (nSPS) is 10.4. The molecule has 14 heavy (non-hydrogen) atoms. The molecule has 1 aromatic carbocycles. The van der Waals surface area contributed by atoms with E-state index in [1.165, 1.54) is 5.37 Å². The van der Waals surface area contributed by atoms with Crippen LogP contribution in [-0.2, 0) is 6.54 Å². The Labute approximate surface area is 88.7 Å². The van der Waals surface area contributed by atoms with Crippen LogP contribution in [0.1, 0.15) is 22.8 Å². The van der Waals surface area contributed by atoms with Gasteiger partial charge in [0.15, 0.2) is 5.78 Å². The Morgan fingerprint density at radius 2 is 2.07 bits per heavy atom. The van der Waals surface area contributed by atoms with Crippen LogP contribution in [0.5, 0.6) is 0 Å². The van der Waals surface area contributed by atoms with Crippen LogP contribution in [0.3, 0.4) is 0 Å². The fourth-order valence-electron chi connectivity index (χ4n) is 1.05. The van der Waals surface area contributed by atoms with E-state index in [4.69, 9.17) is 0 Å². The van der Waals surface area contributed by atoms with Crippen LogP contribution in [0.15, 0.2) is 29.3 Å². The van der Waals surface area contributed by atoms with Crippen LogP contribution < -0.4 is 0 Å². The molecule has 0 bridgehead atoms. The number of ketones is 1. The molecule has 2 nitrogen and oxygen atoms in total. The van der Waals surface area contributed by atoms with Crippen molar-refractivity contribution >= 4 is 29.6 Å². The molecule has 0 amide bonds. The summed E-state index contributed by atoms with van der Waals surface area (Å²) in [6.45, 7) is 2.16. The summed E-state index contributed by atoms with van der Waals surface area (Å²) in [5, 5.41) is 1.48. The van der Waals surface area contributed by atoms with E-state index in [2.05, 4.69) is 17.2 Å². The van der Waals surface area contributed by atoms with Crippen molar-refractivity contribution in [3.63, 3.8) is 0 Å². The molecule has 0 saturated carbocycles. The zero-order valence-electron chi connectivity index (χ0n) is 7.93. The molecular weight excluding hydrogens is 194 g/mol. The van der Waals surface area contributed by atoms with Gasteiger partial charge < -0.3 is 0 Å². The van der Waals surface area contributed by atoms with Gasteiger partial charge in [0.1, 0.15) is 0 Å². The van der Waals surface area contributed by atoms with Gasteiger partial charge in [-0.1, -0.05) is 36.5 Å². The van der Waals surface area contributed by atoms with Gasteiger partial charge in [-0.25, -0.2) is 0 Å². The number of nitrogens with zero attached hydrogens (tertiary/aromatic N) is 1. The molecule has 0 aliphatic rings. The number of hydrogen-bond acceptors (Lipinski definition) is 3. The third kappa shape index (κ3) is 3.18. The summed E-state index contributed by atoms with van der Waals surface area (Å²) in [6.07, 6.45) is 1.59. The molecule has 0 radical (unpaired) electrons. The van der Waals surface area contributed by atoms with E-state index in [9.17, 15) is 4.79 Å². The van der Waals surface area contributed by atoms with Gasteiger partial charge in [0.25, 0.3) is 0 Å². The molecule has 0 unspecified atom stereocenters. The molecule has 1 rings (SSSR count). The summed E-state index contributed by atoms with van der Waals surface area (Å²) < 4.78 is 0. The first kappa shape index (κ1) is 10.7. The molecule has 3 heteroatoms. The first-order chi connectivity index (χ1) is 6.74. The van der Waals surface area contributed by atoms with Crippen LogP contribution in [0.4, 0.5) is 0 Å². The minimum atomic E-state index is 0.0824. The summed E-state index contributed by atoms with van der Waals surface area (Å²) in [5.41, 5.74) is 1.80. The number of carbonyl (C=O) groups excluding carboxylic acids is 1. The zero-order chi connectivity index (χ0) is 10.4. The van der Waals surface area contributed by atoms with Crippen molar-refractivity contribution in [2.75, 3.05) is 0 Å². The van der Waals surface area contributed by atoms with Crippen LogP contribution in [0.2, 0.25) is 0 Å². The quantitative estimate of drug-likeness (QED) is 0.429. The molecule has 0 spiro atoms. The molecule has 0 saturated heterocycles. The predicted molar refractivity (Wildman–Crippen MR) is 62.3 cm³/mol. The van der Waals surface area contributed by atoms with Crippen molar-refractivity contribution in [1.82, 2.24) is 0 Å². The molecule has 72 valence electrons. The van der Waals surface area contributed by atoms with Crippen molar-refractivity contribution in [2.24, 2.45) is 4.99 Å². The molecule has 0 atom stereocenters. The maximum Gasteiger partial charge on any atom is 0.159 e. The highest BCUT2D eigenvalue weighted by Crippen LogP contribution is 2.05. The monoisotopic (exact) mass is 205 g/mol. The van der Waals surface area contributed by atoms with E-state index in [1.54, 1.807) is 13.1 Å². The van der Waals surface area contributed by atoms with Gasteiger partial charge >= 0.3 is 0 Å². The Hall–Kier alpha value is -1.35. The first-order valence-corrected chi connectivity index (χ1v) is 4.74. The maximum atomic E-state index is 11.0. The predicted octanol–water partition coefficient (Wildman–Crippen LogP) is 2.46. The second-order valence-electron chi connectivity index (χ2n) is 2.88. The zero-order valence-corrected chi connectivity index (χ0v) is 8.75. The lowest BCUT2D eigenvalue weighted by atomic mass is 10.1. The molecule has 0 N–H and O–H groups in total. The summed E-state index contributed by atoms with van der Waals surface area (Å²) in [4.78, 5) is 15.0. The molecular formula is C11H11NOS. The topological polar surface area (TPSA) is 29.4 Å². The summed E-state index contributed by atoms with van der Waals surface area (Å²) in [7, 11) is 0. The Bertz CT molecular complexity index is 354. The van der Waals surface area contributed by atoms with E-state index in [1.807, 2.05) is 24.3 Å². The fraction of sp³-hybridized carbons (Fsp3) is 0.182. The van der Waals surface area contributed by atoms with Crippen LogP contribution in [-0.4, -0.2) is 17.4 Å². The van der Waals surface area contributed by atoms with Gasteiger partial charge in [-0.3, -0.25) is 9.79 Å².